The van der Waals surface area contributed by atoms with Crippen molar-refractivity contribution in [2.75, 3.05) is 46.0 Å². The highest BCUT2D eigenvalue weighted by Crippen LogP contribution is 2.40. The van der Waals surface area contributed by atoms with E-state index in [0.717, 1.165) is 13.1 Å². The molecule has 2 fully saturated rings. The van der Waals surface area contributed by atoms with Gasteiger partial charge in [0.25, 0.3) is 17.4 Å². The number of nitro benzene ring substituents is 1. The van der Waals surface area contributed by atoms with Crippen LogP contribution in [0.5, 0.6) is 5.75 Å². The molecule has 2 aliphatic rings. The number of morpholine rings is 1. The topological polar surface area (TPSA) is 122 Å². The minimum absolute atomic E-state index is 0.100. The SMILES string of the molecule is C=CCOc1ccc(C(O)=C2C(=O)C(=O)N(CCCN3CCOCC3)[C@@H]2c2cccc([N+](=O)[O-])c2)cc1. The predicted molar refractivity (Wildman–Crippen MR) is 136 cm³/mol. The Balaban J connectivity index is 1.68. The van der Waals surface area contributed by atoms with Gasteiger partial charge in [0.15, 0.2) is 0 Å². The maximum absolute atomic E-state index is 13.2. The summed E-state index contributed by atoms with van der Waals surface area (Å²) in [4.78, 5) is 40.9. The van der Waals surface area contributed by atoms with Crippen LogP contribution in [0.2, 0.25) is 0 Å². The Morgan fingerprint density at radius 3 is 2.57 bits per heavy atom. The van der Waals surface area contributed by atoms with E-state index in [4.69, 9.17) is 9.47 Å². The highest BCUT2D eigenvalue weighted by molar-refractivity contribution is 6.46. The van der Waals surface area contributed by atoms with Crippen molar-refractivity contribution in [1.82, 2.24) is 9.80 Å². The fourth-order valence-corrected chi connectivity index (χ4v) is 4.57. The zero-order valence-corrected chi connectivity index (χ0v) is 20.4. The Labute approximate surface area is 214 Å². The zero-order chi connectivity index (χ0) is 26.4. The highest BCUT2D eigenvalue weighted by Gasteiger charge is 2.46. The number of carbonyl (C=O) groups is 2. The van der Waals surface area contributed by atoms with Crippen LogP contribution in [0.15, 0.2) is 66.8 Å². The average Bonchev–Trinajstić information content (AvgIpc) is 3.17. The van der Waals surface area contributed by atoms with Gasteiger partial charge in [-0.3, -0.25) is 24.6 Å². The molecule has 1 amide bonds. The van der Waals surface area contributed by atoms with Crippen LogP contribution in [0.25, 0.3) is 5.76 Å². The quantitative estimate of drug-likeness (QED) is 0.130. The summed E-state index contributed by atoms with van der Waals surface area (Å²) >= 11 is 0. The van der Waals surface area contributed by atoms with Crippen molar-refractivity contribution in [1.29, 1.82) is 0 Å². The lowest BCUT2D eigenvalue weighted by Crippen LogP contribution is -2.39. The number of ketones is 1. The van der Waals surface area contributed by atoms with E-state index in [0.29, 0.717) is 49.7 Å². The molecule has 0 bridgehead atoms. The molecule has 10 heteroatoms. The second-order valence-electron chi connectivity index (χ2n) is 8.78. The van der Waals surface area contributed by atoms with Crippen molar-refractivity contribution >= 4 is 23.1 Å². The summed E-state index contributed by atoms with van der Waals surface area (Å²) in [6.07, 6.45) is 2.20. The summed E-state index contributed by atoms with van der Waals surface area (Å²) in [6, 6.07) is 11.3. The standard InChI is InChI=1S/C27H29N3O7/c1-2-15-37-22-9-7-19(8-10-22)25(31)23-24(20-5-3-6-21(18-20)30(34)35)29(27(33)26(23)32)12-4-11-28-13-16-36-17-14-28/h2-3,5-10,18,24,31H,1,4,11-17H2/t24-/m1/s1. The van der Waals surface area contributed by atoms with Crippen molar-refractivity contribution in [3.8, 4) is 5.75 Å². The monoisotopic (exact) mass is 507 g/mol. The first kappa shape index (κ1) is 26.1. The lowest BCUT2D eigenvalue weighted by molar-refractivity contribution is -0.384. The molecule has 0 saturated carbocycles. The second kappa shape index (κ2) is 11.8. The van der Waals surface area contributed by atoms with E-state index < -0.39 is 22.7 Å². The lowest BCUT2D eigenvalue weighted by atomic mass is 9.95. The summed E-state index contributed by atoms with van der Waals surface area (Å²) in [5.74, 6) is -1.37. The number of Topliss-reactive ketones (excluding diaryl/α,β-unsaturated/α-hetero) is 1. The molecule has 0 spiro atoms. The van der Waals surface area contributed by atoms with Crippen LogP contribution in [0, 0.1) is 10.1 Å². The Hall–Kier alpha value is -4.02. The Morgan fingerprint density at radius 1 is 1.16 bits per heavy atom. The van der Waals surface area contributed by atoms with Gasteiger partial charge in [-0.05, 0) is 36.2 Å². The molecule has 2 heterocycles. The molecule has 2 aromatic carbocycles. The summed E-state index contributed by atoms with van der Waals surface area (Å²) in [7, 11) is 0. The summed E-state index contributed by atoms with van der Waals surface area (Å²) in [5, 5.41) is 22.6. The van der Waals surface area contributed by atoms with Gasteiger partial charge in [0.1, 0.15) is 18.1 Å². The lowest BCUT2D eigenvalue weighted by Gasteiger charge is -2.29. The second-order valence-corrected chi connectivity index (χ2v) is 8.78. The van der Waals surface area contributed by atoms with Crippen LogP contribution in [0.4, 0.5) is 5.69 Å². The van der Waals surface area contributed by atoms with Gasteiger partial charge in [-0.2, -0.15) is 0 Å². The Bertz CT molecular complexity index is 1200. The predicted octanol–water partition coefficient (Wildman–Crippen LogP) is 3.30. The van der Waals surface area contributed by atoms with E-state index >= 15 is 0 Å². The number of aliphatic hydroxyl groups excluding tert-OH is 1. The van der Waals surface area contributed by atoms with Gasteiger partial charge in [-0.1, -0.05) is 24.8 Å². The molecule has 0 radical (unpaired) electrons. The van der Waals surface area contributed by atoms with Crippen molar-refractivity contribution in [2.24, 2.45) is 0 Å². The van der Waals surface area contributed by atoms with Crippen LogP contribution < -0.4 is 4.74 Å². The molecule has 1 atom stereocenters. The fourth-order valence-electron chi connectivity index (χ4n) is 4.57. The van der Waals surface area contributed by atoms with Gasteiger partial charge in [0, 0.05) is 43.9 Å². The molecule has 2 saturated heterocycles. The third kappa shape index (κ3) is 5.87. The zero-order valence-electron chi connectivity index (χ0n) is 20.4. The Morgan fingerprint density at radius 2 is 1.89 bits per heavy atom. The van der Waals surface area contributed by atoms with Gasteiger partial charge >= 0.3 is 0 Å². The first-order valence-corrected chi connectivity index (χ1v) is 12.1. The van der Waals surface area contributed by atoms with Crippen LogP contribution in [0.1, 0.15) is 23.6 Å². The minimum atomic E-state index is -0.957. The molecular formula is C27H29N3O7. The number of likely N-dealkylation sites (tertiary alicyclic amines) is 1. The number of hydrogen-bond acceptors (Lipinski definition) is 8. The third-order valence-electron chi connectivity index (χ3n) is 6.41. The normalized spacial score (nSPS) is 19.7. The van der Waals surface area contributed by atoms with Crippen molar-refractivity contribution in [2.45, 2.75) is 12.5 Å². The minimum Gasteiger partial charge on any atom is -0.507 e. The number of carbonyl (C=O) groups excluding carboxylic acids is 2. The van der Waals surface area contributed by atoms with Crippen molar-refractivity contribution in [3.05, 3.63) is 88.0 Å². The molecule has 4 rings (SSSR count). The van der Waals surface area contributed by atoms with E-state index in [1.807, 2.05) is 0 Å². The smallest absolute Gasteiger partial charge is 0.295 e. The van der Waals surface area contributed by atoms with E-state index in [1.54, 1.807) is 36.4 Å². The van der Waals surface area contributed by atoms with E-state index in [-0.39, 0.29) is 23.6 Å². The van der Waals surface area contributed by atoms with Crippen LogP contribution in [-0.4, -0.2) is 77.5 Å². The third-order valence-corrected chi connectivity index (χ3v) is 6.41. The number of ether oxygens (including phenoxy) is 2. The van der Waals surface area contributed by atoms with Crippen LogP contribution in [0.3, 0.4) is 0 Å². The highest BCUT2D eigenvalue weighted by atomic mass is 16.6. The number of benzene rings is 2. The van der Waals surface area contributed by atoms with E-state index in [2.05, 4.69) is 11.5 Å². The van der Waals surface area contributed by atoms with Crippen LogP contribution >= 0.6 is 0 Å². The number of nitrogens with zero attached hydrogens (tertiary/aromatic N) is 3. The summed E-state index contributed by atoms with van der Waals surface area (Å²) in [5.41, 5.74) is 0.441. The van der Waals surface area contributed by atoms with E-state index in [9.17, 15) is 24.8 Å². The molecule has 2 aliphatic heterocycles. The van der Waals surface area contributed by atoms with Gasteiger partial charge in [0.05, 0.1) is 29.8 Å². The number of hydrogen-bond donors (Lipinski definition) is 1. The maximum Gasteiger partial charge on any atom is 0.295 e. The molecule has 37 heavy (non-hydrogen) atoms. The molecular weight excluding hydrogens is 478 g/mol. The molecule has 10 nitrogen and oxygen atoms in total. The van der Waals surface area contributed by atoms with E-state index in [1.165, 1.54) is 23.1 Å². The number of non-ortho nitro benzene ring substituents is 1. The summed E-state index contributed by atoms with van der Waals surface area (Å²) < 4.78 is 10.8. The molecule has 194 valence electrons. The number of nitro groups is 1. The number of amides is 1. The van der Waals surface area contributed by atoms with Gasteiger partial charge in [0.2, 0.25) is 0 Å². The Kier molecular flexibility index (Phi) is 8.32. The van der Waals surface area contributed by atoms with Gasteiger partial charge in [-0.15, -0.1) is 0 Å². The molecule has 0 aromatic heterocycles. The van der Waals surface area contributed by atoms with Gasteiger partial charge < -0.3 is 19.5 Å². The van der Waals surface area contributed by atoms with Crippen LogP contribution in [-0.2, 0) is 14.3 Å². The number of aliphatic hydroxyl groups is 1. The molecule has 0 aliphatic carbocycles. The summed E-state index contributed by atoms with van der Waals surface area (Å²) in [6.45, 7) is 7.75. The molecule has 0 unspecified atom stereocenters. The van der Waals surface area contributed by atoms with Crippen molar-refractivity contribution < 1.29 is 29.1 Å². The van der Waals surface area contributed by atoms with Gasteiger partial charge in [-0.25, -0.2) is 0 Å². The first-order chi connectivity index (χ1) is 17.9. The number of rotatable bonds is 10. The largest absolute Gasteiger partial charge is 0.507 e. The maximum atomic E-state index is 13.2. The molecule has 1 N–H and O–H groups in total. The average molecular weight is 508 g/mol. The van der Waals surface area contributed by atoms with Crippen molar-refractivity contribution in [3.63, 3.8) is 0 Å². The molecule has 2 aromatic rings. The fraction of sp³-hybridized carbons (Fsp3) is 0.333. The first-order valence-electron chi connectivity index (χ1n) is 12.1.